The van der Waals surface area contributed by atoms with E-state index in [4.69, 9.17) is 4.74 Å². The lowest BCUT2D eigenvalue weighted by Gasteiger charge is -2.17. The quantitative estimate of drug-likeness (QED) is 0.621. The lowest BCUT2D eigenvalue weighted by Crippen LogP contribution is -2.35. The Hall–Kier alpha value is -3.09. The Morgan fingerprint density at radius 1 is 1.24 bits per heavy atom. The van der Waals surface area contributed by atoms with Gasteiger partial charge in [0.15, 0.2) is 0 Å². The van der Waals surface area contributed by atoms with Crippen LogP contribution in [-0.2, 0) is 5.41 Å². The summed E-state index contributed by atoms with van der Waals surface area (Å²) in [4.78, 5) is 22.6. The van der Waals surface area contributed by atoms with E-state index >= 15 is 0 Å². The van der Waals surface area contributed by atoms with Crippen LogP contribution in [0.25, 0.3) is 0 Å². The molecule has 2 N–H and O–H groups in total. The van der Waals surface area contributed by atoms with Crippen LogP contribution in [0.3, 0.4) is 0 Å². The molecule has 0 bridgehead atoms. The number of nitrogens with one attached hydrogen (secondary N) is 2. The Kier molecular flexibility index (Phi) is 4.56. The number of hydrogen-bond donors (Lipinski definition) is 2. The van der Waals surface area contributed by atoms with Gasteiger partial charge >= 0.3 is 6.03 Å². The van der Waals surface area contributed by atoms with Crippen LogP contribution in [-0.4, -0.2) is 24.6 Å². The molecule has 7 nitrogen and oxygen atoms in total. The molecule has 0 radical (unpaired) electrons. The Bertz CT molecular complexity index is 788. The Labute approximate surface area is 145 Å². The first kappa shape index (κ1) is 16.8. The van der Waals surface area contributed by atoms with Crippen LogP contribution in [0.4, 0.5) is 16.2 Å². The van der Waals surface area contributed by atoms with E-state index in [-0.39, 0.29) is 16.8 Å². The standard InChI is InChI=1S/C18H19N3O4/c1-25-16-8-7-14(21(23)24)11-15(16)20-17(22)19-12-18(9-10-18)13-5-3-2-4-6-13/h2-8,11H,9-10,12H2,1H3,(H2,19,20,22). The zero-order valence-electron chi connectivity index (χ0n) is 13.8. The van der Waals surface area contributed by atoms with Gasteiger partial charge in [0.1, 0.15) is 5.75 Å². The number of hydrogen-bond acceptors (Lipinski definition) is 4. The van der Waals surface area contributed by atoms with Crippen LogP contribution in [0.2, 0.25) is 0 Å². The number of methoxy groups -OCH3 is 1. The molecule has 0 aliphatic heterocycles. The molecule has 2 aromatic rings. The van der Waals surface area contributed by atoms with E-state index in [0.717, 1.165) is 12.8 Å². The molecule has 2 aromatic carbocycles. The number of carbonyl (C=O) groups is 1. The normalized spacial score (nSPS) is 14.4. The maximum atomic E-state index is 12.2. The molecule has 0 saturated heterocycles. The molecule has 3 rings (SSSR count). The third-order valence-electron chi connectivity index (χ3n) is 4.47. The number of nitro groups is 1. The molecule has 1 saturated carbocycles. The van der Waals surface area contributed by atoms with Gasteiger partial charge in [0.25, 0.3) is 5.69 Å². The number of non-ortho nitro benzene ring substituents is 1. The Balaban J connectivity index is 1.65. The van der Waals surface area contributed by atoms with Crippen molar-refractivity contribution in [3.8, 4) is 5.75 Å². The van der Waals surface area contributed by atoms with Gasteiger partial charge in [0, 0.05) is 24.1 Å². The van der Waals surface area contributed by atoms with Crippen LogP contribution in [0.15, 0.2) is 48.5 Å². The van der Waals surface area contributed by atoms with Gasteiger partial charge in [-0.15, -0.1) is 0 Å². The summed E-state index contributed by atoms with van der Waals surface area (Å²) in [7, 11) is 1.44. The third kappa shape index (κ3) is 3.71. The van der Waals surface area contributed by atoms with Crippen molar-refractivity contribution in [2.24, 2.45) is 0 Å². The minimum atomic E-state index is -0.517. The predicted molar refractivity (Wildman–Crippen MR) is 94.0 cm³/mol. The number of nitro benzene ring substituents is 1. The van der Waals surface area contributed by atoms with E-state index in [1.807, 2.05) is 18.2 Å². The first-order valence-corrected chi connectivity index (χ1v) is 7.97. The molecule has 130 valence electrons. The monoisotopic (exact) mass is 341 g/mol. The van der Waals surface area contributed by atoms with Crippen molar-refractivity contribution in [3.63, 3.8) is 0 Å². The molecular formula is C18H19N3O4. The molecule has 0 unspecified atom stereocenters. The van der Waals surface area contributed by atoms with Gasteiger partial charge < -0.3 is 15.4 Å². The summed E-state index contributed by atoms with van der Waals surface area (Å²) in [6.45, 7) is 0.514. The molecule has 25 heavy (non-hydrogen) atoms. The zero-order valence-corrected chi connectivity index (χ0v) is 13.8. The molecule has 0 heterocycles. The minimum Gasteiger partial charge on any atom is -0.495 e. The van der Waals surface area contributed by atoms with Crippen LogP contribution < -0.4 is 15.4 Å². The smallest absolute Gasteiger partial charge is 0.319 e. The van der Waals surface area contributed by atoms with Gasteiger partial charge in [-0.3, -0.25) is 10.1 Å². The second kappa shape index (κ2) is 6.80. The second-order valence-electron chi connectivity index (χ2n) is 6.10. The summed E-state index contributed by atoms with van der Waals surface area (Å²) in [6.07, 6.45) is 2.05. The Morgan fingerprint density at radius 2 is 1.96 bits per heavy atom. The molecule has 1 fully saturated rings. The lowest BCUT2D eigenvalue weighted by molar-refractivity contribution is -0.384. The highest BCUT2D eigenvalue weighted by molar-refractivity contribution is 5.91. The number of benzene rings is 2. The van der Waals surface area contributed by atoms with Crippen LogP contribution in [0.1, 0.15) is 18.4 Å². The molecule has 7 heteroatoms. The molecule has 0 atom stereocenters. The third-order valence-corrected chi connectivity index (χ3v) is 4.47. The van der Waals surface area contributed by atoms with Crippen molar-refractivity contribution in [1.82, 2.24) is 5.32 Å². The topological polar surface area (TPSA) is 93.5 Å². The summed E-state index contributed by atoms with van der Waals surface area (Å²) in [6, 6.07) is 13.7. The number of urea groups is 1. The van der Waals surface area contributed by atoms with Crippen molar-refractivity contribution < 1.29 is 14.5 Å². The van der Waals surface area contributed by atoms with E-state index in [1.54, 1.807) is 0 Å². The second-order valence-corrected chi connectivity index (χ2v) is 6.10. The molecule has 1 aliphatic rings. The van der Waals surface area contributed by atoms with Crippen molar-refractivity contribution in [3.05, 3.63) is 64.2 Å². The number of anilines is 1. The van der Waals surface area contributed by atoms with Crippen molar-refractivity contribution in [1.29, 1.82) is 0 Å². The van der Waals surface area contributed by atoms with E-state index in [2.05, 4.69) is 22.8 Å². The van der Waals surface area contributed by atoms with Gasteiger partial charge in [-0.05, 0) is 24.5 Å². The molecule has 2 amide bonds. The first-order chi connectivity index (χ1) is 12.0. The molecule has 1 aliphatic carbocycles. The molecule has 0 aromatic heterocycles. The van der Waals surface area contributed by atoms with Crippen molar-refractivity contribution in [2.45, 2.75) is 18.3 Å². The highest BCUT2D eigenvalue weighted by atomic mass is 16.6. The number of carbonyl (C=O) groups excluding carboxylic acids is 1. The molecular weight excluding hydrogens is 322 g/mol. The SMILES string of the molecule is COc1ccc([N+](=O)[O-])cc1NC(=O)NCC1(c2ccccc2)CC1. The fraction of sp³-hybridized carbons (Fsp3) is 0.278. The largest absolute Gasteiger partial charge is 0.495 e. The maximum Gasteiger partial charge on any atom is 0.319 e. The fourth-order valence-electron chi connectivity index (χ4n) is 2.83. The van der Waals surface area contributed by atoms with Gasteiger partial charge in [0.2, 0.25) is 0 Å². The van der Waals surface area contributed by atoms with Gasteiger partial charge in [-0.1, -0.05) is 30.3 Å². The van der Waals surface area contributed by atoms with E-state index in [1.165, 1.54) is 30.9 Å². The summed E-state index contributed by atoms with van der Waals surface area (Å²) in [5.74, 6) is 0.366. The fourth-order valence-corrected chi connectivity index (χ4v) is 2.83. The number of amides is 2. The summed E-state index contributed by atoms with van der Waals surface area (Å²) >= 11 is 0. The van der Waals surface area contributed by atoms with Crippen LogP contribution in [0.5, 0.6) is 5.75 Å². The predicted octanol–water partition coefficient (Wildman–Crippen LogP) is 3.46. The van der Waals surface area contributed by atoms with Crippen LogP contribution >= 0.6 is 0 Å². The highest BCUT2D eigenvalue weighted by Gasteiger charge is 2.44. The highest BCUT2D eigenvalue weighted by Crippen LogP contribution is 2.47. The van der Waals surface area contributed by atoms with Crippen molar-refractivity contribution in [2.75, 3.05) is 19.0 Å². The minimum absolute atomic E-state index is 0.00856. The van der Waals surface area contributed by atoms with Gasteiger partial charge in [-0.2, -0.15) is 0 Å². The number of nitrogens with zero attached hydrogens (tertiary/aromatic N) is 1. The van der Waals surface area contributed by atoms with E-state index in [0.29, 0.717) is 12.3 Å². The van der Waals surface area contributed by atoms with Crippen molar-refractivity contribution >= 4 is 17.4 Å². The van der Waals surface area contributed by atoms with Crippen LogP contribution in [0, 0.1) is 10.1 Å². The summed E-state index contributed by atoms with van der Waals surface area (Å²) < 4.78 is 5.14. The zero-order chi connectivity index (χ0) is 17.9. The summed E-state index contributed by atoms with van der Waals surface area (Å²) in [5, 5.41) is 16.4. The van der Waals surface area contributed by atoms with E-state index in [9.17, 15) is 14.9 Å². The Morgan fingerprint density at radius 3 is 2.56 bits per heavy atom. The van der Waals surface area contributed by atoms with Gasteiger partial charge in [0.05, 0.1) is 17.7 Å². The summed E-state index contributed by atoms with van der Waals surface area (Å²) in [5.41, 5.74) is 1.35. The first-order valence-electron chi connectivity index (χ1n) is 7.97. The van der Waals surface area contributed by atoms with E-state index < -0.39 is 11.0 Å². The number of ether oxygens (including phenoxy) is 1. The maximum absolute atomic E-state index is 12.2. The number of rotatable bonds is 6. The van der Waals surface area contributed by atoms with Gasteiger partial charge in [-0.25, -0.2) is 4.79 Å². The average molecular weight is 341 g/mol. The average Bonchev–Trinajstić information content (AvgIpc) is 3.42. The molecule has 0 spiro atoms. The lowest BCUT2D eigenvalue weighted by atomic mass is 9.96.